The lowest BCUT2D eigenvalue weighted by Gasteiger charge is -2.34. The minimum absolute atomic E-state index is 1.11. The number of nitrogens with zero attached hydrogens (tertiary/aromatic N) is 1. The van der Waals surface area contributed by atoms with Gasteiger partial charge in [-0.15, -0.1) is 0 Å². The average Bonchev–Trinajstić information content (AvgIpc) is 2.12. The van der Waals surface area contributed by atoms with Crippen molar-refractivity contribution in [3.63, 3.8) is 0 Å². The van der Waals surface area contributed by atoms with Crippen molar-refractivity contribution in [3.05, 3.63) is 12.7 Å². The molecule has 0 aliphatic carbocycles. The molecule has 6 heteroatoms. The molecule has 15 heavy (non-hydrogen) atoms. The number of hydrogen-bond donors (Lipinski definition) is 0. The zero-order valence-corrected chi connectivity index (χ0v) is 10.4. The van der Waals surface area contributed by atoms with E-state index in [1.165, 1.54) is 24.1 Å². The van der Waals surface area contributed by atoms with Crippen LogP contribution in [0.25, 0.3) is 0 Å². The molecule has 0 unspecified atom stereocenters. The Kier molecular flexibility index (Phi) is 8.84. The van der Waals surface area contributed by atoms with E-state index in [2.05, 4.69) is 27.4 Å². The molecule has 0 saturated carbocycles. The van der Waals surface area contributed by atoms with Crippen LogP contribution in [0.2, 0.25) is 0 Å². The molecule has 0 N–H and O–H groups in total. The van der Waals surface area contributed by atoms with Gasteiger partial charge in [0.05, 0.1) is 26.2 Å². The molecule has 0 atom stereocenters. The second-order valence-electron chi connectivity index (χ2n) is 3.17. The van der Waals surface area contributed by atoms with Gasteiger partial charge in [0.15, 0.2) is 0 Å². The Balaban J connectivity index is 0. The third-order valence-corrected chi connectivity index (χ3v) is 2.53. The fourth-order valence-corrected chi connectivity index (χ4v) is 1.33. The van der Waals surface area contributed by atoms with Gasteiger partial charge in [-0.3, -0.25) is 8.42 Å². The molecule has 0 radical (unpaired) electrons. The highest BCUT2D eigenvalue weighted by atomic mass is 32.3. The zero-order chi connectivity index (χ0) is 12.5. The summed E-state index contributed by atoms with van der Waals surface area (Å²) in [5.41, 5.74) is 0. The highest BCUT2D eigenvalue weighted by molar-refractivity contribution is 7.79. The summed E-state index contributed by atoms with van der Waals surface area (Å²) in [6.07, 6.45) is 2.02. The maximum Gasteiger partial charge on any atom is 0.0970 e. The standard InChI is InChI=1S/C9H20N.H2O4S/c1-5-9-10(6-2,7-3)8-4;1-5(2,3)4/h5H,1,6-9H2,2-4H3;(H2,1,2,3,4)/q+1;/p-2. The van der Waals surface area contributed by atoms with E-state index in [1.807, 2.05) is 6.08 Å². The number of hydrogen-bond acceptors (Lipinski definition) is 4. The van der Waals surface area contributed by atoms with E-state index < -0.39 is 10.4 Å². The van der Waals surface area contributed by atoms with Gasteiger partial charge in [0.2, 0.25) is 0 Å². The molecule has 0 bridgehead atoms. The molecule has 0 aromatic heterocycles. The van der Waals surface area contributed by atoms with Crippen molar-refractivity contribution in [3.8, 4) is 0 Å². The van der Waals surface area contributed by atoms with Crippen LogP contribution in [0.3, 0.4) is 0 Å². The van der Waals surface area contributed by atoms with Crippen LogP contribution in [0.1, 0.15) is 20.8 Å². The molecular formula is C9H20NO4S-. The average molecular weight is 238 g/mol. The van der Waals surface area contributed by atoms with Crippen LogP contribution in [-0.4, -0.2) is 48.2 Å². The summed E-state index contributed by atoms with van der Waals surface area (Å²) in [7, 11) is -5.17. The second-order valence-corrected chi connectivity index (χ2v) is 3.99. The van der Waals surface area contributed by atoms with Crippen molar-refractivity contribution < 1.29 is 22.0 Å². The first-order chi connectivity index (χ1) is 6.74. The molecular weight excluding hydrogens is 218 g/mol. The lowest BCUT2D eigenvalue weighted by atomic mass is 10.3. The number of likely N-dealkylation sites (N-methyl/N-ethyl adjacent to an activating group) is 1. The van der Waals surface area contributed by atoms with Crippen molar-refractivity contribution in [2.45, 2.75) is 20.8 Å². The fourth-order valence-electron chi connectivity index (χ4n) is 1.33. The normalized spacial score (nSPS) is 11.5. The van der Waals surface area contributed by atoms with Crippen LogP contribution in [0.4, 0.5) is 0 Å². The molecule has 0 aliphatic heterocycles. The quantitative estimate of drug-likeness (QED) is 0.306. The molecule has 0 aliphatic rings. The van der Waals surface area contributed by atoms with Gasteiger partial charge < -0.3 is 13.6 Å². The van der Waals surface area contributed by atoms with Gasteiger partial charge in [-0.2, -0.15) is 0 Å². The molecule has 0 fully saturated rings. The summed E-state index contributed by atoms with van der Waals surface area (Å²) < 4.78 is 35.3. The van der Waals surface area contributed by atoms with Crippen molar-refractivity contribution in [1.82, 2.24) is 0 Å². The lowest BCUT2D eigenvalue weighted by molar-refractivity contribution is -0.917. The summed E-state index contributed by atoms with van der Waals surface area (Å²) in [6.45, 7) is 15.3. The predicted molar refractivity (Wildman–Crippen MR) is 57.4 cm³/mol. The van der Waals surface area contributed by atoms with Gasteiger partial charge in [-0.25, -0.2) is 0 Å². The van der Waals surface area contributed by atoms with Gasteiger partial charge in [0, 0.05) is 10.4 Å². The van der Waals surface area contributed by atoms with Gasteiger partial charge >= 0.3 is 0 Å². The van der Waals surface area contributed by atoms with Crippen LogP contribution < -0.4 is 0 Å². The first kappa shape index (κ1) is 17.0. The second kappa shape index (κ2) is 7.81. The van der Waals surface area contributed by atoms with Gasteiger partial charge in [-0.1, -0.05) is 6.58 Å². The van der Waals surface area contributed by atoms with E-state index in [9.17, 15) is 0 Å². The summed E-state index contributed by atoms with van der Waals surface area (Å²) in [5.74, 6) is 0. The van der Waals surface area contributed by atoms with Crippen LogP contribution >= 0.6 is 0 Å². The Bertz CT molecular complexity index is 241. The molecule has 0 amide bonds. The minimum atomic E-state index is -5.17. The molecule has 0 heterocycles. The monoisotopic (exact) mass is 238 g/mol. The summed E-state index contributed by atoms with van der Waals surface area (Å²) in [5, 5.41) is 0. The maximum atomic E-state index is 8.52. The van der Waals surface area contributed by atoms with Crippen LogP contribution in [0, 0.1) is 0 Å². The Labute approximate surface area is 92.6 Å². The molecule has 0 spiro atoms. The van der Waals surface area contributed by atoms with Crippen molar-refractivity contribution in [2.75, 3.05) is 26.2 Å². The van der Waals surface area contributed by atoms with E-state index in [4.69, 9.17) is 17.5 Å². The van der Waals surface area contributed by atoms with Gasteiger partial charge in [0.25, 0.3) is 0 Å². The molecule has 92 valence electrons. The summed E-state index contributed by atoms with van der Waals surface area (Å²) in [6, 6.07) is 0. The fraction of sp³-hybridized carbons (Fsp3) is 0.778. The van der Waals surface area contributed by atoms with Crippen LogP contribution in [-0.2, 0) is 10.4 Å². The summed E-state index contributed by atoms with van der Waals surface area (Å²) in [4.78, 5) is 0. The smallest absolute Gasteiger partial charge is 0.0970 e. The third-order valence-electron chi connectivity index (χ3n) is 2.53. The van der Waals surface area contributed by atoms with Gasteiger partial charge in [0.1, 0.15) is 0 Å². The minimum Gasteiger partial charge on any atom is -0.759 e. The predicted octanol–water partition coefficient (Wildman–Crippen LogP) is 0.711. The molecule has 0 rings (SSSR count). The molecule has 0 saturated heterocycles. The van der Waals surface area contributed by atoms with Crippen molar-refractivity contribution >= 4 is 10.4 Å². The Morgan fingerprint density at radius 1 is 1.13 bits per heavy atom. The zero-order valence-electron chi connectivity index (χ0n) is 9.60. The highest BCUT2D eigenvalue weighted by Crippen LogP contribution is 2.04. The van der Waals surface area contributed by atoms with Crippen LogP contribution in [0.5, 0.6) is 0 Å². The van der Waals surface area contributed by atoms with Crippen molar-refractivity contribution in [2.24, 2.45) is 0 Å². The first-order valence-corrected chi connectivity index (χ1v) is 6.20. The maximum absolute atomic E-state index is 8.52. The molecule has 0 aromatic rings. The van der Waals surface area contributed by atoms with E-state index in [1.54, 1.807) is 0 Å². The van der Waals surface area contributed by atoms with E-state index in [-0.39, 0.29) is 0 Å². The molecule has 0 aromatic carbocycles. The topological polar surface area (TPSA) is 80.3 Å². The van der Waals surface area contributed by atoms with Gasteiger partial charge in [-0.05, 0) is 26.8 Å². The van der Waals surface area contributed by atoms with E-state index >= 15 is 0 Å². The van der Waals surface area contributed by atoms with Crippen LogP contribution in [0.15, 0.2) is 12.7 Å². The number of quaternary nitrogens is 1. The SMILES string of the molecule is C=CC[N+](CC)(CC)CC.O=S(=O)([O-])[O-]. The first-order valence-electron chi connectivity index (χ1n) is 4.87. The Hall–Kier alpha value is -0.430. The summed E-state index contributed by atoms with van der Waals surface area (Å²) >= 11 is 0. The Morgan fingerprint density at radius 3 is 1.47 bits per heavy atom. The highest BCUT2D eigenvalue weighted by Gasteiger charge is 2.17. The van der Waals surface area contributed by atoms with E-state index in [0.29, 0.717) is 0 Å². The van der Waals surface area contributed by atoms with Crippen molar-refractivity contribution in [1.29, 1.82) is 0 Å². The third kappa shape index (κ3) is 11.5. The van der Waals surface area contributed by atoms with E-state index in [0.717, 1.165) is 6.54 Å². The lowest BCUT2D eigenvalue weighted by Crippen LogP contribution is -2.47. The number of rotatable bonds is 5. The molecule has 5 nitrogen and oxygen atoms in total. The largest absolute Gasteiger partial charge is 0.759 e. The Morgan fingerprint density at radius 2 is 1.40 bits per heavy atom.